The molecule has 0 aliphatic rings. The number of halogens is 1. The first kappa shape index (κ1) is 17.3. The highest BCUT2D eigenvalue weighted by atomic mass is 35.5. The van der Waals surface area contributed by atoms with E-state index >= 15 is 0 Å². The first-order valence-corrected chi connectivity index (χ1v) is 4.67. The molecule has 0 rings (SSSR count). The molecule has 0 aromatic heterocycles. The summed E-state index contributed by atoms with van der Waals surface area (Å²) in [5.41, 5.74) is -0.0920. The minimum atomic E-state index is -1.17. The minimum absolute atomic E-state index is 0. The number of carboxylic acid groups (broad SMARTS) is 2. The van der Waals surface area contributed by atoms with Gasteiger partial charge in [0.05, 0.1) is 0 Å². The van der Waals surface area contributed by atoms with Crippen molar-refractivity contribution < 1.29 is 19.8 Å². The lowest BCUT2D eigenvalue weighted by molar-refractivity contribution is -0.136. The van der Waals surface area contributed by atoms with Crippen LogP contribution in [0.5, 0.6) is 0 Å². The standard InChI is InChI=1S/C10H17NO4.ClH/c1-7(9(12)13)8(10(14)15)5-4-6-11(2)3;/h4-6H2,1-3H3,(H,12,13)(H,14,15);1H/b8-7+;. The fourth-order valence-electron chi connectivity index (χ4n) is 1.16. The molecule has 0 radical (unpaired) electrons. The molecule has 0 saturated heterocycles. The van der Waals surface area contributed by atoms with Gasteiger partial charge in [0.2, 0.25) is 0 Å². The van der Waals surface area contributed by atoms with E-state index in [4.69, 9.17) is 10.2 Å². The van der Waals surface area contributed by atoms with Gasteiger partial charge in [-0.3, -0.25) is 0 Å². The van der Waals surface area contributed by atoms with Gasteiger partial charge in [0.1, 0.15) is 0 Å². The number of carboxylic acids is 2. The maximum absolute atomic E-state index is 10.8. The van der Waals surface area contributed by atoms with E-state index in [2.05, 4.69) is 0 Å². The van der Waals surface area contributed by atoms with Gasteiger partial charge >= 0.3 is 11.9 Å². The summed E-state index contributed by atoms with van der Waals surface area (Å²) >= 11 is 0. The Morgan fingerprint density at radius 1 is 1.12 bits per heavy atom. The summed E-state index contributed by atoms with van der Waals surface area (Å²) in [5.74, 6) is -2.31. The quantitative estimate of drug-likeness (QED) is 0.695. The molecule has 0 spiro atoms. The zero-order valence-corrected chi connectivity index (χ0v) is 10.5. The van der Waals surface area contributed by atoms with Crippen LogP contribution in [0.3, 0.4) is 0 Å². The molecular weight excluding hydrogens is 234 g/mol. The fraction of sp³-hybridized carbons (Fsp3) is 0.600. The van der Waals surface area contributed by atoms with Crippen molar-refractivity contribution in [1.29, 1.82) is 0 Å². The summed E-state index contributed by atoms with van der Waals surface area (Å²) in [6.45, 7) is 2.06. The first-order chi connectivity index (χ1) is 6.86. The highest BCUT2D eigenvalue weighted by molar-refractivity contribution is 5.98. The van der Waals surface area contributed by atoms with Crippen LogP contribution in [0.1, 0.15) is 19.8 Å². The molecular formula is C10H18ClNO4. The Morgan fingerprint density at radius 2 is 1.62 bits per heavy atom. The molecule has 94 valence electrons. The molecule has 0 aromatic carbocycles. The molecule has 0 aliphatic heterocycles. The molecule has 5 nitrogen and oxygen atoms in total. The number of nitrogens with zero attached hydrogens (tertiary/aromatic N) is 1. The van der Waals surface area contributed by atoms with Crippen molar-refractivity contribution in [2.24, 2.45) is 0 Å². The Hall–Kier alpha value is -1.07. The monoisotopic (exact) mass is 251 g/mol. The molecule has 6 heteroatoms. The van der Waals surface area contributed by atoms with Crippen molar-refractivity contribution in [1.82, 2.24) is 4.90 Å². The smallest absolute Gasteiger partial charge is 0.332 e. The summed E-state index contributed by atoms with van der Waals surface area (Å²) in [6.07, 6.45) is 0.922. The average Bonchev–Trinajstić information content (AvgIpc) is 2.10. The Bertz CT molecular complexity index is 287. The largest absolute Gasteiger partial charge is 0.478 e. The first-order valence-electron chi connectivity index (χ1n) is 4.67. The summed E-state index contributed by atoms with van der Waals surface area (Å²) in [6, 6.07) is 0. The van der Waals surface area contributed by atoms with Crippen LogP contribution < -0.4 is 0 Å². The molecule has 0 amide bonds. The van der Waals surface area contributed by atoms with E-state index in [1.807, 2.05) is 19.0 Å². The van der Waals surface area contributed by atoms with Crippen LogP contribution in [0, 0.1) is 0 Å². The average molecular weight is 252 g/mol. The summed E-state index contributed by atoms with van der Waals surface area (Å²) in [4.78, 5) is 23.3. The molecule has 0 atom stereocenters. The van der Waals surface area contributed by atoms with Gasteiger partial charge < -0.3 is 15.1 Å². The molecule has 0 bridgehead atoms. The van der Waals surface area contributed by atoms with Crippen molar-refractivity contribution in [3.63, 3.8) is 0 Å². The molecule has 16 heavy (non-hydrogen) atoms. The molecule has 0 unspecified atom stereocenters. The maximum atomic E-state index is 10.8. The van der Waals surface area contributed by atoms with Crippen LogP contribution in [-0.2, 0) is 9.59 Å². The van der Waals surface area contributed by atoms with Crippen LogP contribution in [0.15, 0.2) is 11.1 Å². The van der Waals surface area contributed by atoms with Gasteiger partial charge in [0, 0.05) is 11.1 Å². The van der Waals surface area contributed by atoms with Gasteiger partial charge in [-0.2, -0.15) is 0 Å². The number of carbonyl (C=O) groups is 2. The van der Waals surface area contributed by atoms with E-state index in [1.54, 1.807) is 0 Å². The second kappa shape index (κ2) is 8.13. The van der Waals surface area contributed by atoms with Gasteiger partial charge in [0.15, 0.2) is 0 Å². The normalized spacial score (nSPS) is 11.8. The van der Waals surface area contributed by atoms with E-state index in [-0.39, 0.29) is 30.0 Å². The minimum Gasteiger partial charge on any atom is -0.478 e. The van der Waals surface area contributed by atoms with Gasteiger partial charge in [-0.25, -0.2) is 9.59 Å². The molecule has 0 heterocycles. The number of aliphatic carboxylic acids is 2. The Balaban J connectivity index is 0. The van der Waals surface area contributed by atoms with Crippen molar-refractivity contribution in [2.45, 2.75) is 19.8 Å². The highest BCUT2D eigenvalue weighted by Crippen LogP contribution is 2.12. The van der Waals surface area contributed by atoms with E-state index in [0.29, 0.717) is 6.42 Å². The third kappa shape index (κ3) is 6.42. The number of hydrogen-bond donors (Lipinski definition) is 2. The number of rotatable bonds is 6. The lowest BCUT2D eigenvalue weighted by Crippen LogP contribution is -2.15. The topological polar surface area (TPSA) is 77.8 Å². The highest BCUT2D eigenvalue weighted by Gasteiger charge is 2.15. The Labute approximate surface area is 101 Å². The van der Waals surface area contributed by atoms with E-state index in [1.165, 1.54) is 6.92 Å². The Kier molecular flexibility index (Phi) is 8.80. The fourth-order valence-corrected chi connectivity index (χ4v) is 1.16. The molecule has 2 N–H and O–H groups in total. The lowest BCUT2D eigenvalue weighted by Gasteiger charge is -2.10. The third-order valence-electron chi connectivity index (χ3n) is 2.06. The second-order valence-electron chi connectivity index (χ2n) is 3.62. The second-order valence-corrected chi connectivity index (χ2v) is 3.62. The third-order valence-corrected chi connectivity index (χ3v) is 2.06. The summed E-state index contributed by atoms with van der Waals surface area (Å²) in [7, 11) is 3.77. The van der Waals surface area contributed by atoms with Gasteiger partial charge in [-0.15, -0.1) is 12.4 Å². The SMILES string of the molecule is C/C(C(=O)O)=C(/CCCN(C)C)C(=O)O.Cl. The van der Waals surface area contributed by atoms with Gasteiger partial charge in [-0.1, -0.05) is 0 Å². The lowest BCUT2D eigenvalue weighted by atomic mass is 10.0. The van der Waals surface area contributed by atoms with Crippen LogP contribution in [0.2, 0.25) is 0 Å². The van der Waals surface area contributed by atoms with E-state index in [0.717, 1.165) is 6.54 Å². The maximum Gasteiger partial charge on any atom is 0.332 e. The van der Waals surface area contributed by atoms with Gasteiger partial charge in [0.25, 0.3) is 0 Å². The van der Waals surface area contributed by atoms with Crippen molar-refractivity contribution in [3.8, 4) is 0 Å². The molecule has 0 fully saturated rings. The van der Waals surface area contributed by atoms with E-state index in [9.17, 15) is 9.59 Å². The summed E-state index contributed by atoms with van der Waals surface area (Å²) < 4.78 is 0. The molecule has 0 aromatic rings. The summed E-state index contributed by atoms with van der Waals surface area (Å²) in [5, 5.41) is 17.5. The Morgan fingerprint density at radius 3 is 1.94 bits per heavy atom. The van der Waals surface area contributed by atoms with Crippen LogP contribution in [0.25, 0.3) is 0 Å². The van der Waals surface area contributed by atoms with Crippen molar-refractivity contribution >= 4 is 24.3 Å². The zero-order valence-electron chi connectivity index (χ0n) is 9.69. The predicted octanol–water partition coefficient (Wildman–Crippen LogP) is 1.24. The van der Waals surface area contributed by atoms with Crippen molar-refractivity contribution in [2.75, 3.05) is 20.6 Å². The van der Waals surface area contributed by atoms with Crippen molar-refractivity contribution in [3.05, 3.63) is 11.1 Å². The van der Waals surface area contributed by atoms with Gasteiger partial charge in [-0.05, 0) is 40.4 Å². The zero-order chi connectivity index (χ0) is 12.0. The van der Waals surface area contributed by atoms with Crippen LogP contribution in [-0.4, -0.2) is 47.7 Å². The van der Waals surface area contributed by atoms with Crippen LogP contribution >= 0.6 is 12.4 Å². The molecule has 0 saturated carbocycles. The van der Waals surface area contributed by atoms with E-state index < -0.39 is 11.9 Å². The predicted molar refractivity (Wildman–Crippen MR) is 63.0 cm³/mol. The molecule has 0 aliphatic carbocycles. The number of hydrogen-bond acceptors (Lipinski definition) is 3. The van der Waals surface area contributed by atoms with Crippen LogP contribution in [0.4, 0.5) is 0 Å².